The van der Waals surface area contributed by atoms with Crippen LogP contribution in [0.3, 0.4) is 0 Å². The largest absolute Gasteiger partial charge is 0.432 e. The van der Waals surface area contributed by atoms with Crippen molar-refractivity contribution >= 4 is 0 Å². The zero-order valence-corrected chi connectivity index (χ0v) is 21.3. The van der Waals surface area contributed by atoms with Crippen LogP contribution in [0.4, 0.5) is 17.6 Å². The van der Waals surface area contributed by atoms with E-state index in [1.54, 1.807) is 0 Å². The Bertz CT molecular complexity index is 790. The van der Waals surface area contributed by atoms with Crippen molar-refractivity contribution in [3.63, 3.8) is 0 Å². The first-order chi connectivity index (χ1) is 16.8. The molecule has 6 heteroatoms. The summed E-state index contributed by atoms with van der Waals surface area (Å²) in [6.45, 7) is 3.51. The Balaban J connectivity index is 1.20. The van der Waals surface area contributed by atoms with Crippen LogP contribution in [0.5, 0.6) is 5.75 Å². The first kappa shape index (κ1) is 26.8. The maximum Gasteiger partial charge on any atom is 0.400 e. The Labute approximate surface area is 208 Å². The number of rotatable bonds is 9. The van der Waals surface area contributed by atoms with Crippen molar-refractivity contribution in [1.82, 2.24) is 0 Å². The van der Waals surface area contributed by atoms with Crippen molar-refractivity contribution in [3.8, 4) is 5.75 Å². The van der Waals surface area contributed by atoms with Crippen LogP contribution in [0.15, 0.2) is 12.1 Å². The molecular formula is C29H42F4O2. The molecule has 0 N–H and O–H groups in total. The lowest BCUT2D eigenvalue weighted by atomic mass is 9.68. The molecule has 1 saturated heterocycles. The Morgan fingerprint density at radius 3 is 2.00 bits per heavy atom. The molecule has 0 amide bonds. The van der Waals surface area contributed by atoms with Gasteiger partial charge in [0, 0.05) is 17.7 Å². The summed E-state index contributed by atoms with van der Waals surface area (Å²) in [5.41, 5.74) is -0.192. The monoisotopic (exact) mass is 498 g/mol. The standard InChI is InChI=1S/C29H42F4O2/c1-3-4-5-6-24-15-16-28(34-24)22-9-7-20(8-10-22)21-11-13-23(14-12-21)29(32,33)35-25-17-26(30)19(2)27(31)18-25/h17-18,20-24,28H,3-16H2,1-2H3. The van der Waals surface area contributed by atoms with Gasteiger partial charge in [0.15, 0.2) is 0 Å². The molecule has 4 rings (SSSR count). The maximum atomic E-state index is 14.8. The third kappa shape index (κ3) is 6.72. The lowest BCUT2D eigenvalue weighted by molar-refractivity contribution is -0.224. The second-order valence-electron chi connectivity index (χ2n) is 11.3. The van der Waals surface area contributed by atoms with Gasteiger partial charge in [-0.05, 0) is 95.3 Å². The minimum atomic E-state index is -3.43. The fraction of sp³-hybridized carbons (Fsp3) is 0.793. The lowest BCUT2D eigenvalue weighted by Gasteiger charge is -2.40. The molecule has 3 aliphatic rings. The smallest absolute Gasteiger partial charge is 0.400 e. The number of benzene rings is 1. The van der Waals surface area contributed by atoms with Gasteiger partial charge in [-0.15, -0.1) is 0 Å². The Kier molecular flexibility index (Phi) is 9.04. The summed E-state index contributed by atoms with van der Waals surface area (Å²) in [5.74, 6) is -1.34. The highest BCUT2D eigenvalue weighted by Crippen LogP contribution is 2.47. The molecule has 0 bridgehead atoms. The van der Waals surface area contributed by atoms with Gasteiger partial charge >= 0.3 is 6.11 Å². The Hall–Kier alpha value is -1.30. The molecule has 0 spiro atoms. The van der Waals surface area contributed by atoms with Crippen LogP contribution in [0, 0.1) is 42.2 Å². The molecule has 2 atom stereocenters. The van der Waals surface area contributed by atoms with Gasteiger partial charge in [0.25, 0.3) is 0 Å². The molecule has 35 heavy (non-hydrogen) atoms. The zero-order chi connectivity index (χ0) is 25.0. The average Bonchev–Trinajstić information content (AvgIpc) is 3.32. The normalized spacial score (nSPS) is 32.1. The third-order valence-electron chi connectivity index (χ3n) is 9.03. The molecule has 198 valence electrons. The lowest BCUT2D eigenvalue weighted by Crippen LogP contribution is -2.38. The summed E-state index contributed by atoms with van der Waals surface area (Å²) < 4.78 is 68.3. The van der Waals surface area contributed by atoms with Crippen molar-refractivity contribution in [2.75, 3.05) is 0 Å². The second kappa shape index (κ2) is 11.8. The van der Waals surface area contributed by atoms with E-state index < -0.39 is 29.4 Å². The number of alkyl halides is 2. The van der Waals surface area contributed by atoms with Crippen LogP contribution >= 0.6 is 0 Å². The number of hydrogen-bond acceptors (Lipinski definition) is 2. The highest BCUT2D eigenvalue weighted by molar-refractivity contribution is 5.30. The first-order valence-electron chi connectivity index (χ1n) is 13.9. The Morgan fingerprint density at radius 2 is 1.40 bits per heavy atom. The molecule has 0 radical (unpaired) electrons. The third-order valence-corrected chi connectivity index (χ3v) is 9.03. The van der Waals surface area contributed by atoms with Crippen LogP contribution in [0.1, 0.15) is 102 Å². The van der Waals surface area contributed by atoms with Gasteiger partial charge in [-0.3, -0.25) is 0 Å². The van der Waals surface area contributed by atoms with Crippen LogP contribution in [0.2, 0.25) is 0 Å². The predicted octanol–water partition coefficient (Wildman–Crippen LogP) is 8.99. The molecule has 3 fully saturated rings. The van der Waals surface area contributed by atoms with Gasteiger partial charge in [0.2, 0.25) is 0 Å². The summed E-state index contributed by atoms with van der Waals surface area (Å²) >= 11 is 0. The van der Waals surface area contributed by atoms with Gasteiger partial charge in [-0.2, -0.15) is 8.78 Å². The van der Waals surface area contributed by atoms with Crippen molar-refractivity contribution in [2.24, 2.45) is 23.7 Å². The molecule has 1 aromatic rings. The molecule has 0 aromatic heterocycles. The van der Waals surface area contributed by atoms with Crippen LogP contribution < -0.4 is 4.74 Å². The van der Waals surface area contributed by atoms with Gasteiger partial charge in [0.1, 0.15) is 17.4 Å². The molecule has 1 aromatic carbocycles. The summed E-state index contributed by atoms with van der Waals surface area (Å²) in [7, 11) is 0. The summed E-state index contributed by atoms with van der Waals surface area (Å²) in [6.07, 6.45) is 11.9. The molecule has 1 aliphatic heterocycles. The minimum Gasteiger partial charge on any atom is -0.432 e. The number of ether oxygens (including phenoxy) is 2. The molecule has 2 unspecified atom stereocenters. The van der Waals surface area contributed by atoms with E-state index >= 15 is 0 Å². The molecule has 1 heterocycles. The molecule has 2 saturated carbocycles. The average molecular weight is 499 g/mol. The van der Waals surface area contributed by atoms with Gasteiger partial charge in [-0.25, -0.2) is 8.78 Å². The number of halogens is 4. The Morgan fingerprint density at radius 1 is 0.829 bits per heavy atom. The molecular weight excluding hydrogens is 456 g/mol. The number of hydrogen-bond donors (Lipinski definition) is 0. The maximum absolute atomic E-state index is 14.8. The van der Waals surface area contributed by atoms with E-state index in [-0.39, 0.29) is 5.56 Å². The van der Waals surface area contributed by atoms with Crippen LogP contribution in [0.25, 0.3) is 0 Å². The molecule has 2 nitrogen and oxygen atoms in total. The van der Waals surface area contributed by atoms with Gasteiger partial charge < -0.3 is 9.47 Å². The fourth-order valence-electron chi connectivity index (χ4n) is 6.75. The number of unbranched alkanes of at least 4 members (excludes halogenated alkanes) is 2. The van der Waals surface area contributed by atoms with Crippen LogP contribution in [-0.2, 0) is 4.74 Å². The highest BCUT2D eigenvalue weighted by Gasteiger charge is 2.45. The van der Waals surface area contributed by atoms with Crippen molar-refractivity contribution in [3.05, 3.63) is 29.3 Å². The van der Waals surface area contributed by atoms with Crippen molar-refractivity contribution in [2.45, 2.75) is 122 Å². The van der Waals surface area contributed by atoms with Crippen molar-refractivity contribution in [1.29, 1.82) is 0 Å². The van der Waals surface area contributed by atoms with E-state index in [9.17, 15) is 17.6 Å². The van der Waals surface area contributed by atoms with Gasteiger partial charge in [0.05, 0.1) is 18.1 Å². The van der Waals surface area contributed by atoms with E-state index in [0.717, 1.165) is 25.0 Å². The van der Waals surface area contributed by atoms with Crippen molar-refractivity contribution < 1.29 is 27.0 Å². The molecule has 2 aliphatic carbocycles. The summed E-state index contributed by atoms with van der Waals surface area (Å²) in [6, 6.07) is 1.69. The SMILES string of the molecule is CCCCCC1CCC(C2CCC(C3CCC(C(F)(F)Oc4cc(F)c(C)c(F)c4)CC3)CC2)O1. The van der Waals surface area contributed by atoms with E-state index in [1.165, 1.54) is 71.1 Å². The van der Waals surface area contributed by atoms with E-state index in [2.05, 4.69) is 6.92 Å². The zero-order valence-electron chi connectivity index (χ0n) is 21.3. The second-order valence-corrected chi connectivity index (χ2v) is 11.3. The van der Waals surface area contributed by atoms with Gasteiger partial charge in [-0.1, -0.05) is 26.2 Å². The summed E-state index contributed by atoms with van der Waals surface area (Å²) in [4.78, 5) is 0. The predicted molar refractivity (Wildman–Crippen MR) is 130 cm³/mol. The van der Waals surface area contributed by atoms with Crippen LogP contribution in [-0.4, -0.2) is 18.3 Å². The topological polar surface area (TPSA) is 18.5 Å². The summed E-state index contributed by atoms with van der Waals surface area (Å²) in [5, 5.41) is 0. The highest BCUT2D eigenvalue weighted by atomic mass is 19.3. The van der Waals surface area contributed by atoms with E-state index in [0.29, 0.717) is 42.8 Å². The van der Waals surface area contributed by atoms with E-state index in [1.807, 2.05) is 0 Å². The van der Waals surface area contributed by atoms with E-state index in [4.69, 9.17) is 9.47 Å². The fourth-order valence-corrected chi connectivity index (χ4v) is 6.75. The first-order valence-corrected chi connectivity index (χ1v) is 13.9. The minimum absolute atomic E-state index is 0.192. The quantitative estimate of drug-likeness (QED) is 0.250.